The molecule has 1 aliphatic heterocycles. The second-order valence-electron chi connectivity index (χ2n) is 8.82. The number of nitrogens with zero attached hydrogens (tertiary/aromatic N) is 1. The molecule has 36 heavy (non-hydrogen) atoms. The first-order valence-corrected chi connectivity index (χ1v) is 12.8. The third kappa shape index (κ3) is 5.93. The number of benzene rings is 1. The predicted molar refractivity (Wildman–Crippen MR) is 123 cm³/mol. The molecule has 12 nitrogen and oxygen atoms in total. The van der Waals surface area contributed by atoms with Gasteiger partial charge in [0.1, 0.15) is 30.1 Å². The van der Waals surface area contributed by atoms with Crippen molar-refractivity contribution in [1.29, 1.82) is 0 Å². The highest BCUT2D eigenvalue weighted by Crippen LogP contribution is 2.47. The third-order valence-corrected chi connectivity index (χ3v) is 7.35. The lowest BCUT2D eigenvalue weighted by Crippen LogP contribution is -2.43. The molecular formula is C22H27FN3O9P. The van der Waals surface area contributed by atoms with Gasteiger partial charge in [0.2, 0.25) is 0 Å². The van der Waals surface area contributed by atoms with Crippen LogP contribution >= 0.6 is 7.75 Å². The molecule has 14 heteroatoms. The summed E-state index contributed by atoms with van der Waals surface area (Å²) in [6.45, 7) is 1.82. The van der Waals surface area contributed by atoms with E-state index in [-0.39, 0.29) is 11.9 Å². The van der Waals surface area contributed by atoms with Crippen molar-refractivity contribution in [1.82, 2.24) is 14.6 Å². The highest BCUT2D eigenvalue weighted by molar-refractivity contribution is 7.52. The number of rotatable bonds is 10. The van der Waals surface area contributed by atoms with Gasteiger partial charge in [-0.05, 0) is 38.8 Å². The number of carbonyl (C=O) groups excluding carboxylic acids is 1. The molecule has 1 aromatic heterocycles. The Morgan fingerprint density at radius 2 is 2.03 bits per heavy atom. The van der Waals surface area contributed by atoms with Crippen molar-refractivity contribution in [2.24, 2.45) is 0 Å². The molecule has 2 heterocycles. The summed E-state index contributed by atoms with van der Waals surface area (Å²) >= 11 is 0. The number of aliphatic hydroxyl groups excluding tert-OH is 1. The zero-order chi connectivity index (χ0) is 26.1. The molecule has 0 bridgehead atoms. The topological polar surface area (TPSA) is 158 Å². The SMILES string of the molecule is C[C@H](N[P@](=O)(OC[C@H]1O[C@@H](n2ccc(=O)[nH]c2=O)C(C)(F)[C@@H]1O)Oc1ccccc1)C(=O)OC1CC1. The van der Waals surface area contributed by atoms with E-state index in [9.17, 15) is 24.1 Å². The van der Waals surface area contributed by atoms with Gasteiger partial charge in [0.05, 0.1) is 6.61 Å². The van der Waals surface area contributed by atoms with Crippen molar-refractivity contribution in [3.05, 3.63) is 63.4 Å². The van der Waals surface area contributed by atoms with Crippen LogP contribution in [0.3, 0.4) is 0 Å². The molecule has 6 atom stereocenters. The molecule has 1 unspecified atom stereocenters. The number of aliphatic hydroxyl groups is 1. The number of carbonyl (C=O) groups is 1. The number of H-pyrrole nitrogens is 1. The quantitative estimate of drug-likeness (QED) is 0.305. The van der Waals surface area contributed by atoms with Gasteiger partial charge in [0, 0.05) is 12.3 Å². The van der Waals surface area contributed by atoms with Crippen LogP contribution in [0.15, 0.2) is 52.2 Å². The average molecular weight is 527 g/mol. The summed E-state index contributed by atoms with van der Waals surface area (Å²) in [5, 5.41) is 13.1. The maximum atomic E-state index is 15.4. The van der Waals surface area contributed by atoms with E-state index in [1.54, 1.807) is 18.2 Å². The van der Waals surface area contributed by atoms with Crippen molar-refractivity contribution >= 4 is 13.7 Å². The van der Waals surface area contributed by atoms with Gasteiger partial charge in [-0.15, -0.1) is 0 Å². The van der Waals surface area contributed by atoms with Gasteiger partial charge in [-0.25, -0.2) is 13.8 Å². The van der Waals surface area contributed by atoms with E-state index in [1.807, 2.05) is 4.98 Å². The lowest BCUT2D eigenvalue weighted by molar-refractivity contribution is -0.146. The Bertz CT molecular complexity index is 1250. The first-order chi connectivity index (χ1) is 17.0. The highest BCUT2D eigenvalue weighted by atomic mass is 31.2. The number of ether oxygens (including phenoxy) is 2. The summed E-state index contributed by atoms with van der Waals surface area (Å²) in [7, 11) is -4.28. The zero-order valence-electron chi connectivity index (χ0n) is 19.5. The number of esters is 1. The molecule has 0 spiro atoms. The number of para-hydroxylation sites is 1. The van der Waals surface area contributed by atoms with Crippen molar-refractivity contribution in [2.45, 2.75) is 62.9 Å². The van der Waals surface area contributed by atoms with Crippen LogP contribution in [0.2, 0.25) is 0 Å². The van der Waals surface area contributed by atoms with Gasteiger partial charge in [-0.2, -0.15) is 5.09 Å². The minimum atomic E-state index is -4.28. The normalized spacial score (nSPS) is 28.3. The van der Waals surface area contributed by atoms with Crippen LogP contribution in [-0.4, -0.2) is 57.3 Å². The van der Waals surface area contributed by atoms with E-state index in [0.29, 0.717) is 0 Å². The first kappa shape index (κ1) is 26.2. The van der Waals surface area contributed by atoms with Crippen LogP contribution in [0.4, 0.5) is 4.39 Å². The van der Waals surface area contributed by atoms with Crippen LogP contribution in [0.25, 0.3) is 0 Å². The van der Waals surface area contributed by atoms with Crippen molar-refractivity contribution in [2.75, 3.05) is 6.61 Å². The summed E-state index contributed by atoms with van der Waals surface area (Å²) in [5.74, 6) is -0.485. The Kier molecular flexibility index (Phi) is 7.48. The molecule has 3 N–H and O–H groups in total. The fraction of sp³-hybridized carbons (Fsp3) is 0.500. The number of aromatic amines is 1. The Balaban J connectivity index is 1.50. The summed E-state index contributed by atoms with van der Waals surface area (Å²) in [4.78, 5) is 37.8. The number of hydrogen-bond acceptors (Lipinski definition) is 9. The number of nitrogens with one attached hydrogen (secondary N) is 2. The third-order valence-electron chi connectivity index (χ3n) is 5.71. The first-order valence-electron chi connectivity index (χ1n) is 11.3. The van der Waals surface area contributed by atoms with Gasteiger partial charge in [0.15, 0.2) is 11.9 Å². The van der Waals surface area contributed by atoms with Crippen molar-refractivity contribution < 1.29 is 37.4 Å². The lowest BCUT2D eigenvalue weighted by Gasteiger charge is -2.25. The summed E-state index contributed by atoms with van der Waals surface area (Å²) in [6, 6.07) is 7.95. The Labute approximate surface area is 204 Å². The van der Waals surface area contributed by atoms with Crippen molar-refractivity contribution in [3.8, 4) is 5.75 Å². The van der Waals surface area contributed by atoms with E-state index in [0.717, 1.165) is 36.6 Å². The van der Waals surface area contributed by atoms with Crippen LogP contribution < -0.4 is 20.9 Å². The molecule has 2 aliphatic rings. The molecule has 1 saturated carbocycles. The molecule has 196 valence electrons. The maximum Gasteiger partial charge on any atom is 0.459 e. The fourth-order valence-electron chi connectivity index (χ4n) is 3.59. The molecule has 0 amide bonds. The Hall–Kier alpha value is -2.83. The Morgan fingerprint density at radius 3 is 2.67 bits per heavy atom. The Morgan fingerprint density at radius 1 is 1.33 bits per heavy atom. The molecule has 1 aromatic carbocycles. The molecule has 2 aromatic rings. The van der Waals surface area contributed by atoms with Gasteiger partial charge in [0.25, 0.3) is 5.56 Å². The summed E-state index contributed by atoms with van der Waals surface area (Å²) in [6.07, 6.45) is -2.42. The summed E-state index contributed by atoms with van der Waals surface area (Å²) in [5.41, 5.74) is -4.10. The van der Waals surface area contributed by atoms with Gasteiger partial charge in [-0.3, -0.25) is 23.7 Å². The van der Waals surface area contributed by atoms with Crippen LogP contribution in [0.1, 0.15) is 32.9 Å². The van der Waals surface area contributed by atoms with Crippen molar-refractivity contribution in [3.63, 3.8) is 0 Å². The zero-order valence-corrected chi connectivity index (χ0v) is 20.4. The minimum Gasteiger partial charge on any atom is -0.461 e. The van der Waals surface area contributed by atoms with Crippen LogP contribution in [0.5, 0.6) is 5.75 Å². The molecular weight excluding hydrogens is 500 g/mol. The standard InChI is InChI=1S/C22H27FN3O9P/c1-13(19(29)33-14-8-9-14)25-36(31,35-15-6-4-3-5-7-15)32-12-16-18(28)22(2,23)20(34-16)26-11-10-17(27)24-21(26)30/h3-7,10-11,13-14,16,18,20,28H,8-9,12H2,1-2H3,(H,25,31)(H,24,27,30)/t13-,16+,18+,20+,22?,36-/m0/s1. The van der Waals surface area contributed by atoms with E-state index in [4.69, 9.17) is 18.5 Å². The largest absolute Gasteiger partial charge is 0.461 e. The molecule has 1 aliphatic carbocycles. The smallest absolute Gasteiger partial charge is 0.459 e. The molecule has 2 fully saturated rings. The van der Waals surface area contributed by atoms with E-state index >= 15 is 4.39 Å². The number of alkyl halides is 1. The monoisotopic (exact) mass is 527 g/mol. The van der Waals surface area contributed by atoms with E-state index < -0.39 is 61.7 Å². The van der Waals surface area contributed by atoms with Gasteiger partial charge >= 0.3 is 19.4 Å². The molecule has 1 saturated heterocycles. The maximum absolute atomic E-state index is 15.4. The highest BCUT2D eigenvalue weighted by Gasteiger charge is 2.56. The second kappa shape index (κ2) is 10.3. The van der Waals surface area contributed by atoms with Crippen LogP contribution in [-0.2, 0) is 23.4 Å². The second-order valence-corrected chi connectivity index (χ2v) is 10.5. The average Bonchev–Trinajstić information content (AvgIpc) is 3.60. The van der Waals surface area contributed by atoms with Gasteiger partial charge < -0.3 is 19.1 Å². The minimum absolute atomic E-state index is 0.164. The number of halogens is 1. The molecule has 4 rings (SSSR count). The summed E-state index contributed by atoms with van der Waals surface area (Å²) < 4.78 is 51.6. The van der Waals surface area contributed by atoms with E-state index in [2.05, 4.69) is 5.09 Å². The predicted octanol–water partition coefficient (Wildman–Crippen LogP) is 1.41. The van der Waals surface area contributed by atoms with E-state index in [1.165, 1.54) is 19.1 Å². The van der Waals surface area contributed by atoms with Gasteiger partial charge in [-0.1, -0.05) is 18.2 Å². The fourth-order valence-corrected chi connectivity index (χ4v) is 5.09. The number of hydrogen-bond donors (Lipinski definition) is 3. The lowest BCUT2D eigenvalue weighted by atomic mass is 9.98. The number of aromatic nitrogens is 2. The van der Waals surface area contributed by atoms with Crippen LogP contribution in [0, 0.1) is 0 Å². The molecule has 0 radical (unpaired) electrons.